The van der Waals surface area contributed by atoms with Gasteiger partial charge in [-0.1, -0.05) is 19.4 Å². The number of fused-ring (bicyclic) bond motifs is 5. The van der Waals surface area contributed by atoms with Crippen molar-refractivity contribution in [3.63, 3.8) is 0 Å². The summed E-state index contributed by atoms with van der Waals surface area (Å²) in [5, 5.41) is 10.0. The first kappa shape index (κ1) is 16.5. The van der Waals surface area contributed by atoms with Crippen molar-refractivity contribution in [2.75, 3.05) is 0 Å². The fourth-order valence-corrected chi connectivity index (χ4v) is 7.05. The molecule has 0 aromatic heterocycles. The summed E-state index contributed by atoms with van der Waals surface area (Å²) in [6.45, 7) is 6.33. The predicted octanol–water partition coefficient (Wildman–Crippen LogP) is 3.69. The third-order valence-electron chi connectivity index (χ3n) is 8.41. The molecule has 3 saturated carbocycles. The number of carbonyl (C=O) groups is 2. The molecule has 7 atom stereocenters. The van der Waals surface area contributed by atoms with Crippen molar-refractivity contribution in [1.29, 1.82) is 0 Å². The molecule has 0 radical (unpaired) electrons. The molecule has 132 valence electrons. The molecule has 0 aromatic carbocycles. The summed E-state index contributed by atoms with van der Waals surface area (Å²) < 4.78 is 0. The number of hydrogen-bond acceptors (Lipinski definition) is 3. The zero-order chi connectivity index (χ0) is 17.3. The van der Waals surface area contributed by atoms with Crippen LogP contribution < -0.4 is 0 Å². The Hall–Kier alpha value is -0.960. The second-order valence-electron chi connectivity index (χ2n) is 9.41. The van der Waals surface area contributed by atoms with E-state index in [2.05, 4.69) is 13.8 Å². The SMILES string of the molecule is CC(=O)C1CCC2C3C(=O)C=C4CC(O)CCC4(C)C3CCC12C. The fraction of sp³-hybridized carbons (Fsp3) is 0.810. The fourth-order valence-electron chi connectivity index (χ4n) is 7.05. The van der Waals surface area contributed by atoms with E-state index in [9.17, 15) is 14.7 Å². The summed E-state index contributed by atoms with van der Waals surface area (Å²) >= 11 is 0. The zero-order valence-corrected chi connectivity index (χ0v) is 15.2. The molecule has 3 nitrogen and oxygen atoms in total. The van der Waals surface area contributed by atoms with Gasteiger partial charge < -0.3 is 5.11 Å². The Bertz CT molecular complexity index is 621. The number of aliphatic hydroxyl groups excluding tert-OH is 1. The lowest BCUT2D eigenvalue weighted by atomic mass is 9.47. The molecule has 1 N–H and O–H groups in total. The molecule has 4 aliphatic carbocycles. The standard InChI is InChI=1S/C21H30O3/c1-12(22)15-4-5-16-19-17(7-9-21(15,16)3)20(2)8-6-14(23)10-13(20)11-18(19)24/h11,14-17,19,23H,4-10H2,1-3H3. The molecule has 0 saturated heterocycles. The van der Waals surface area contributed by atoms with Crippen LogP contribution in [0.4, 0.5) is 0 Å². The molecule has 3 fully saturated rings. The van der Waals surface area contributed by atoms with Crippen LogP contribution in [0.25, 0.3) is 0 Å². The molecule has 24 heavy (non-hydrogen) atoms. The third-order valence-corrected chi connectivity index (χ3v) is 8.41. The van der Waals surface area contributed by atoms with Gasteiger partial charge >= 0.3 is 0 Å². The van der Waals surface area contributed by atoms with Crippen LogP contribution in [0.2, 0.25) is 0 Å². The third kappa shape index (κ3) is 2.06. The van der Waals surface area contributed by atoms with E-state index in [0.717, 1.165) is 38.5 Å². The molecular weight excluding hydrogens is 300 g/mol. The second kappa shape index (κ2) is 5.27. The van der Waals surface area contributed by atoms with Gasteiger partial charge in [0.05, 0.1) is 6.10 Å². The van der Waals surface area contributed by atoms with Crippen LogP contribution >= 0.6 is 0 Å². The number of ketones is 2. The van der Waals surface area contributed by atoms with Gasteiger partial charge in [0.1, 0.15) is 5.78 Å². The van der Waals surface area contributed by atoms with Gasteiger partial charge in [-0.15, -0.1) is 0 Å². The molecule has 0 amide bonds. The Labute approximate surface area is 144 Å². The number of rotatable bonds is 1. The van der Waals surface area contributed by atoms with E-state index in [1.807, 2.05) is 6.08 Å². The minimum atomic E-state index is -0.281. The first-order valence-electron chi connectivity index (χ1n) is 9.71. The van der Waals surface area contributed by atoms with E-state index in [1.165, 1.54) is 5.57 Å². The van der Waals surface area contributed by atoms with Crippen LogP contribution in [-0.4, -0.2) is 22.8 Å². The van der Waals surface area contributed by atoms with Gasteiger partial charge in [-0.3, -0.25) is 9.59 Å². The minimum Gasteiger partial charge on any atom is -0.393 e. The van der Waals surface area contributed by atoms with Gasteiger partial charge in [0, 0.05) is 11.8 Å². The largest absolute Gasteiger partial charge is 0.393 e. The molecule has 0 heterocycles. The van der Waals surface area contributed by atoms with Crippen molar-refractivity contribution in [1.82, 2.24) is 0 Å². The molecule has 4 rings (SSSR count). The highest BCUT2D eigenvalue weighted by Gasteiger charge is 2.61. The molecule has 0 aromatic rings. The summed E-state index contributed by atoms with van der Waals surface area (Å²) in [6, 6.07) is 0. The lowest BCUT2D eigenvalue weighted by Crippen LogP contribution is -2.53. The smallest absolute Gasteiger partial charge is 0.159 e. The normalized spacial score (nSPS) is 50.6. The topological polar surface area (TPSA) is 54.4 Å². The van der Waals surface area contributed by atoms with Crippen LogP contribution in [0.15, 0.2) is 11.6 Å². The van der Waals surface area contributed by atoms with Crippen molar-refractivity contribution in [2.24, 2.45) is 34.5 Å². The Kier molecular flexibility index (Phi) is 3.62. The van der Waals surface area contributed by atoms with E-state index in [-0.39, 0.29) is 34.6 Å². The molecule has 3 heteroatoms. The molecule has 4 aliphatic rings. The van der Waals surface area contributed by atoms with Crippen molar-refractivity contribution in [3.8, 4) is 0 Å². The average molecular weight is 330 g/mol. The lowest BCUT2D eigenvalue weighted by molar-refractivity contribution is -0.138. The van der Waals surface area contributed by atoms with Crippen LogP contribution in [0, 0.1) is 34.5 Å². The van der Waals surface area contributed by atoms with Gasteiger partial charge in [-0.05, 0) is 80.6 Å². The number of aliphatic hydroxyl groups is 1. The Morgan fingerprint density at radius 2 is 1.88 bits per heavy atom. The monoisotopic (exact) mass is 330 g/mol. The van der Waals surface area contributed by atoms with Crippen LogP contribution in [0.3, 0.4) is 0 Å². The van der Waals surface area contributed by atoms with Gasteiger partial charge in [0.15, 0.2) is 5.78 Å². The highest BCUT2D eigenvalue weighted by atomic mass is 16.3. The van der Waals surface area contributed by atoms with Crippen molar-refractivity contribution >= 4 is 11.6 Å². The highest BCUT2D eigenvalue weighted by Crippen LogP contribution is 2.65. The minimum absolute atomic E-state index is 0.0124. The number of Topliss-reactive ketones (excluding diaryl/α,β-unsaturated/α-hetero) is 1. The summed E-state index contributed by atoms with van der Waals surface area (Å²) in [7, 11) is 0. The average Bonchev–Trinajstić information content (AvgIpc) is 2.86. The van der Waals surface area contributed by atoms with Crippen LogP contribution in [-0.2, 0) is 9.59 Å². The van der Waals surface area contributed by atoms with E-state index in [1.54, 1.807) is 6.92 Å². The van der Waals surface area contributed by atoms with Crippen molar-refractivity contribution in [2.45, 2.75) is 71.8 Å². The maximum absolute atomic E-state index is 13.1. The predicted molar refractivity (Wildman–Crippen MR) is 92.3 cm³/mol. The Balaban J connectivity index is 1.73. The number of hydrogen-bond donors (Lipinski definition) is 1. The van der Waals surface area contributed by atoms with E-state index >= 15 is 0 Å². The van der Waals surface area contributed by atoms with Crippen LogP contribution in [0.1, 0.15) is 65.7 Å². The number of allylic oxidation sites excluding steroid dienone is 1. The summed E-state index contributed by atoms with van der Waals surface area (Å²) in [6.07, 6.45) is 8.22. The van der Waals surface area contributed by atoms with Gasteiger partial charge in [-0.2, -0.15) is 0 Å². The van der Waals surface area contributed by atoms with Gasteiger partial charge in [0.2, 0.25) is 0 Å². The lowest BCUT2D eigenvalue weighted by Gasteiger charge is -2.57. The van der Waals surface area contributed by atoms with Gasteiger partial charge in [0.25, 0.3) is 0 Å². The van der Waals surface area contributed by atoms with E-state index in [4.69, 9.17) is 0 Å². The molecule has 0 aliphatic heterocycles. The molecular formula is C21H30O3. The first-order valence-corrected chi connectivity index (χ1v) is 9.71. The maximum atomic E-state index is 13.1. The van der Waals surface area contributed by atoms with E-state index < -0.39 is 0 Å². The van der Waals surface area contributed by atoms with Crippen molar-refractivity contribution in [3.05, 3.63) is 11.6 Å². The van der Waals surface area contributed by atoms with Gasteiger partial charge in [-0.25, -0.2) is 0 Å². The molecule has 0 bridgehead atoms. The number of carbonyl (C=O) groups excluding carboxylic acids is 2. The highest BCUT2D eigenvalue weighted by molar-refractivity contribution is 5.95. The Morgan fingerprint density at radius 1 is 1.12 bits per heavy atom. The second-order valence-corrected chi connectivity index (χ2v) is 9.41. The summed E-state index contributed by atoms with van der Waals surface area (Å²) in [4.78, 5) is 25.2. The first-order chi connectivity index (χ1) is 11.3. The van der Waals surface area contributed by atoms with Crippen molar-refractivity contribution < 1.29 is 14.7 Å². The quantitative estimate of drug-likeness (QED) is 0.797. The summed E-state index contributed by atoms with van der Waals surface area (Å²) in [5.41, 5.74) is 1.28. The Morgan fingerprint density at radius 3 is 2.58 bits per heavy atom. The summed E-state index contributed by atoms with van der Waals surface area (Å²) in [5.74, 6) is 1.59. The molecule has 0 spiro atoms. The zero-order valence-electron chi connectivity index (χ0n) is 15.2. The molecule has 7 unspecified atom stereocenters. The van der Waals surface area contributed by atoms with Crippen LogP contribution in [0.5, 0.6) is 0 Å². The van der Waals surface area contributed by atoms with E-state index in [0.29, 0.717) is 24.0 Å². The maximum Gasteiger partial charge on any atom is 0.159 e.